The van der Waals surface area contributed by atoms with E-state index in [1.165, 1.54) is 97.1 Å². The first-order valence-corrected chi connectivity index (χ1v) is 20.9. The first-order chi connectivity index (χ1) is 25.7. The molecule has 1 aliphatic rings. The van der Waals surface area contributed by atoms with Gasteiger partial charge in [-0.1, -0.05) is 0 Å². The van der Waals surface area contributed by atoms with Gasteiger partial charge in [0.2, 0.25) is 0 Å². The third kappa shape index (κ3) is 5.20. The SMILES string of the molecule is [Ge][c]1ccccc1-c1cccc(-c2cccc3c(-c4ccccc4-c4ccccc4)c4cccc(-c5cccc6[c]5[Ge][c]5ccccc5-6)c4cc23)c1. The summed E-state index contributed by atoms with van der Waals surface area (Å²) in [4.78, 5) is 0. The number of hydrogen-bond acceptors (Lipinski definition) is 0. The molecule has 0 saturated heterocycles. The van der Waals surface area contributed by atoms with Gasteiger partial charge in [-0.15, -0.1) is 0 Å². The van der Waals surface area contributed by atoms with E-state index in [9.17, 15) is 0 Å². The molecule has 9 aromatic rings. The molecule has 0 bridgehead atoms. The van der Waals surface area contributed by atoms with Crippen molar-refractivity contribution in [2.45, 2.75) is 0 Å². The molecule has 1 heterocycles. The molecule has 239 valence electrons. The van der Waals surface area contributed by atoms with Crippen LogP contribution in [0, 0.1) is 0 Å². The molecule has 0 fully saturated rings. The molecule has 0 aliphatic carbocycles. The maximum absolute atomic E-state index is 2.49. The van der Waals surface area contributed by atoms with Crippen molar-refractivity contribution in [3.05, 3.63) is 188 Å². The monoisotopic (exact) mass is 779 g/mol. The second kappa shape index (κ2) is 13.0. The van der Waals surface area contributed by atoms with Crippen molar-refractivity contribution >= 4 is 66.7 Å². The zero-order chi connectivity index (χ0) is 34.6. The molecule has 5 radical (unpaired) electrons. The quantitative estimate of drug-likeness (QED) is 0.121. The molecule has 1 aliphatic heterocycles. The van der Waals surface area contributed by atoms with E-state index in [0.717, 1.165) is 0 Å². The van der Waals surface area contributed by atoms with Crippen LogP contribution in [0.3, 0.4) is 0 Å². The van der Waals surface area contributed by atoms with Gasteiger partial charge in [0, 0.05) is 0 Å². The summed E-state index contributed by atoms with van der Waals surface area (Å²) in [5, 5.41) is 5.12. The van der Waals surface area contributed by atoms with Crippen molar-refractivity contribution in [1.82, 2.24) is 0 Å². The molecule has 2 heteroatoms. The van der Waals surface area contributed by atoms with Crippen molar-refractivity contribution < 1.29 is 0 Å². The van der Waals surface area contributed by atoms with Gasteiger partial charge in [0.05, 0.1) is 0 Å². The summed E-state index contributed by atoms with van der Waals surface area (Å²) in [7, 11) is 0. The summed E-state index contributed by atoms with van der Waals surface area (Å²) in [5.74, 6) is 0. The van der Waals surface area contributed by atoms with Crippen LogP contribution in [-0.4, -0.2) is 31.9 Å². The zero-order valence-electron chi connectivity index (χ0n) is 28.4. The molecule has 0 amide bonds. The van der Waals surface area contributed by atoms with Crippen molar-refractivity contribution in [2.75, 3.05) is 0 Å². The Morgan fingerprint density at radius 3 is 1.58 bits per heavy atom. The van der Waals surface area contributed by atoms with Gasteiger partial charge < -0.3 is 0 Å². The van der Waals surface area contributed by atoms with Crippen LogP contribution in [0.1, 0.15) is 0 Å². The van der Waals surface area contributed by atoms with Gasteiger partial charge in [-0.25, -0.2) is 0 Å². The molecule has 0 N–H and O–H groups in total. The fourth-order valence-corrected chi connectivity index (χ4v) is 12.0. The molecule has 0 spiro atoms. The Labute approximate surface area is 319 Å². The van der Waals surface area contributed by atoms with Crippen LogP contribution < -0.4 is 13.2 Å². The molecule has 0 aromatic heterocycles. The van der Waals surface area contributed by atoms with Gasteiger partial charge in [-0.05, 0) is 0 Å². The normalized spacial score (nSPS) is 11.9. The summed E-state index contributed by atoms with van der Waals surface area (Å²) in [5.41, 5.74) is 15.5. The molecule has 0 nitrogen and oxygen atoms in total. The minimum atomic E-state index is -0.468. The second-order valence-electron chi connectivity index (χ2n) is 13.5. The third-order valence-electron chi connectivity index (χ3n) is 10.6. The average Bonchev–Trinajstić information content (AvgIpc) is 3.59. The standard InChI is InChI=1S/C50H31Ge2/c51-47-28-8-6-19-37(47)34-17-10-16-33(30-34)36-22-11-24-41-45(36)31-46-38(43-26-13-27-44-39-20-7-9-29-48(39)52-50(43)44)23-12-25-42(46)49(41)40-21-5-4-18-35(40)32-14-2-1-3-15-32/h1-31H. The van der Waals surface area contributed by atoms with Crippen molar-refractivity contribution in [3.63, 3.8) is 0 Å². The summed E-state index contributed by atoms with van der Waals surface area (Å²) in [6.07, 6.45) is 0. The summed E-state index contributed by atoms with van der Waals surface area (Å²) < 4.78 is 4.36. The topological polar surface area (TPSA) is 0 Å². The van der Waals surface area contributed by atoms with Crippen LogP contribution in [0.4, 0.5) is 0 Å². The van der Waals surface area contributed by atoms with Gasteiger partial charge in [0.15, 0.2) is 0 Å². The van der Waals surface area contributed by atoms with E-state index >= 15 is 0 Å². The Morgan fingerprint density at radius 2 is 0.808 bits per heavy atom. The summed E-state index contributed by atoms with van der Waals surface area (Å²) >= 11 is 1.73. The minimum absolute atomic E-state index is 0.468. The number of fused-ring (bicyclic) bond motifs is 5. The molecule has 0 atom stereocenters. The van der Waals surface area contributed by atoms with E-state index in [-0.39, 0.29) is 0 Å². The first-order valence-electron chi connectivity index (χ1n) is 17.8. The zero-order valence-corrected chi connectivity index (χ0v) is 32.6. The Kier molecular flexibility index (Phi) is 7.82. The molecule has 0 unspecified atom stereocenters. The van der Waals surface area contributed by atoms with Crippen LogP contribution >= 0.6 is 0 Å². The van der Waals surface area contributed by atoms with Crippen molar-refractivity contribution in [2.24, 2.45) is 0 Å². The number of rotatable bonds is 5. The summed E-state index contributed by atoms with van der Waals surface area (Å²) in [6.45, 7) is 0. The Bertz CT molecular complexity index is 2830. The van der Waals surface area contributed by atoms with Gasteiger partial charge in [0.1, 0.15) is 0 Å². The predicted octanol–water partition coefficient (Wildman–Crippen LogP) is 10.8. The molecular weight excluding hydrogens is 746 g/mol. The van der Waals surface area contributed by atoms with Crippen LogP contribution in [0.15, 0.2) is 188 Å². The van der Waals surface area contributed by atoms with Crippen molar-refractivity contribution in [3.8, 4) is 66.8 Å². The second-order valence-corrected chi connectivity index (χ2v) is 17.3. The van der Waals surface area contributed by atoms with Crippen LogP contribution in [-0.2, 0) is 0 Å². The van der Waals surface area contributed by atoms with Gasteiger partial charge in [-0.2, -0.15) is 0 Å². The van der Waals surface area contributed by atoms with E-state index in [4.69, 9.17) is 0 Å². The fraction of sp³-hybridized carbons (Fsp3) is 0. The van der Waals surface area contributed by atoms with Crippen LogP contribution in [0.2, 0.25) is 0 Å². The van der Waals surface area contributed by atoms with Crippen molar-refractivity contribution in [1.29, 1.82) is 0 Å². The predicted molar refractivity (Wildman–Crippen MR) is 224 cm³/mol. The molecule has 0 saturated carbocycles. The molecular formula is C50H31Ge2. The average molecular weight is 777 g/mol. The van der Waals surface area contributed by atoms with Gasteiger partial charge in [0.25, 0.3) is 0 Å². The first kappa shape index (κ1) is 31.3. The van der Waals surface area contributed by atoms with E-state index < -0.39 is 15.4 Å². The Balaban J connectivity index is 1.29. The third-order valence-corrected chi connectivity index (χ3v) is 14.6. The van der Waals surface area contributed by atoms with Gasteiger partial charge >= 0.3 is 321 Å². The van der Waals surface area contributed by atoms with E-state index in [2.05, 4.69) is 205 Å². The Morgan fingerprint density at radius 1 is 0.308 bits per heavy atom. The van der Waals surface area contributed by atoms with E-state index in [1.807, 2.05) is 0 Å². The van der Waals surface area contributed by atoms with Crippen LogP contribution in [0.5, 0.6) is 0 Å². The van der Waals surface area contributed by atoms with E-state index in [0.29, 0.717) is 0 Å². The molecule has 9 aromatic carbocycles. The molecule has 52 heavy (non-hydrogen) atoms. The maximum atomic E-state index is 2.49. The van der Waals surface area contributed by atoms with Crippen LogP contribution in [0.25, 0.3) is 88.3 Å². The number of benzene rings is 9. The van der Waals surface area contributed by atoms with Gasteiger partial charge in [-0.3, -0.25) is 0 Å². The van der Waals surface area contributed by atoms with E-state index in [1.54, 1.807) is 4.40 Å². The fourth-order valence-electron chi connectivity index (χ4n) is 8.20. The summed E-state index contributed by atoms with van der Waals surface area (Å²) in [6, 6.07) is 69.9. The molecule has 10 rings (SSSR count). The number of hydrogen-bond donors (Lipinski definition) is 0. The Hall–Kier alpha value is -5.41.